The first-order valence-corrected chi connectivity index (χ1v) is 12.6. The Morgan fingerprint density at radius 2 is 1.78 bits per heavy atom. The fourth-order valence-corrected chi connectivity index (χ4v) is 5.11. The first-order chi connectivity index (χ1) is 18.0. The van der Waals surface area contributed by atoms with Crippen LogP contribution in [0.2, 0.25) is 0 Å². The Morgan fingerprint density at radius 1 is 0.946 bits per heavy atom. The smallest absolute Gasteiger partial charge is 0.225 e. The number of benzene rings is 2. The van der Waals surface area contributed by atoms with Gasteiger partial charge in [-0.2, -0.15) is 10.1 Å². The van der Waals surface area contributed by atoms with Gasteiger partial charge >= 0.3 is 0 Å². The van der Waals surface area contributed by atoms with E-state index in [0.717, 1.165) is 60.8 Å². The van der Waals surface area contributed by atoms with Gasteiger partial charge in [0.1, 0.15) is 17.2 Å². The molecular weight excluding hydrogens is 476 g/mol. The molecule has 1 fully saturated rings. The fourth-order valence-electron chi connectivity index (χ4n) is 5.11. The van der Waals surface area contributed by atoms with Gasteiger partial charge in [0.25, 0.3) is 0 Å². The molecule has 4 aromatic rings. The van der Waals surface area contributed by atoms with Crippen LogP contribution in [0.4, 0.5) is 20.5 Å². The lowest BCUT2D eigenvalue weighted by molar-refractivity contribution is -0.128. The summed E-state index contributed by atoms with van der Waals surface area (Å²) in [6, 6.07) is 10.0. The van der Waals surface area contributed by atoms with Crippen molar-refractivity contribution in [2.24, 2.45) is 0 Å². The average molecular weight is 504 g/mol. The number of carbonyl (C=O) groups excluding carboxylic acids is 1. The molecule has 3 heterocycles. The van der Waals surface area contributed by atoms with Crippen LogP contribution < -0.4 is 10.6 Å². The van der Waals surface area contributed by atoms with Crippen LogP contribution in [-0.2, 0) is 37.3 Å². The lowest BCUT2D eigenvalue weighted by Gasteiger charge is -2.16. The maximum Gasteiger partial charge on any atom is 0.225 e. The molecule has 0 bridgehead atoms. The minimum atomic E-state index is -0.745. The van der Waals surface area contributed by atoms with Gasteiger partial charge in [-0.25, -0.2) is 13.8 Å². The van der Waals surface area contributed by atoms with E-state index in [9.17, 15) is 13.6 Å². The zero-order valence-corrected chi connectivity index (χ0v) is 20.3. The Bertz CT molecular complexity index is 1470. The summed E-state index contributed by atoms with van der Waals surface area (Å²) in [6.45, 7) is 2.21. The summed E-state index contributed by atoms with van der Waals surface area (Å²) in [5.74, 6) is -0.664. The third-order valence-electron chi connectivity index (χ3n) is 7.05. The van der Waals surface area contributed by atoms with E-state index in [4.69, 9.17) is 0 Å². The number of hydrogen-bond donors (Lipinski definition) is 3. The molecule has 1 aliphatic heterocycles. The first-order valence-electron chi connectivity index (χ1n) is 12.6. The molecule has 37 heavy (non-hydrogen) atoms. The number of rotatable bonds is 8. The molecule has 2 aromatic carbocycles. The zero-order chi connectivity index (χ0) is 25.4. The van der Waals surface area contributed by atoms with Gasteiger partial charge in [0.2, 0.25) is 11.9 Å². The molecule has 190 valence electrons. The highest BCUT2D eigenvalue weighted by Crippen LogP contribution is 2.27. The molecule has 10 heteroatoms. The van der Waals surface area contributed by atoms with Crippen LogP contribution in [0.25, 0.3) is 10.9 Å². The van der Waals surface area contributed by atoms with Gasteiger partial charge < -0.3 is 15.5 Å². The van der Waals surface area contributed by atoms with Crippen LogP contribution >= 0.6 is 0 Å². The van der Waals surface area contributed by atoms with Crippen molar-refractivity contribution in [2.75, 3.05) is 17.2 Å². The summed E-state index contributed by atoms with van der Waals surface area (Å²) in [6.07, 6.45) is 4.62. The van der Waals surface area contributed by atoms with Crippen LogP contribution in [0.15, 0.2) is 36.4 Å². The third-order valence-corrected chi connectivity index (χ3v) is 7.05. The molecule has 0 radical (unpaired) electrons. The van der Waals surface area contributed by atoms with Crippen molar-refractivity contribution in [2.45, 2.75) is 51.7 Å². The molecule has 1 saturated heterocycles. The second-order valence-electron chi connectivity index (χ2n) is 9.60. The predicted molar refractivity (Wildman–Crippen MR) is 136 cm³/mol. The number of amides is 1. The summed E-state index contributed by atoms with van der Waals surface area (Å²) < 4.78 is 28.7. The first kappa shape index (κ1) is 23.3. The molecule has 0 unspecified atom stereocenters. The van der Waals surface area contributed by atoms with Crippen LogP contribution in [0.3, 0.4) is 0 Å². The van der Waals surface area contributed by atoms with E-state index < -0.39 is 11.6 Å². The van der Waals surface area contributed by atoms with E-state index >= 15 is 0 Å². The molecule has 2 aliphatic rings. The number of nitrogens with zero attached hydrogens (tertiary/aromatic N) is 4. The summed E-state index contributed by atoms with van der Waals surface area (Å²) in [5, 5.41) is 14.1. The molecule has 1 aliphatic carbocycles. The summed E-state index contributed by atoms with van der Waals surface area (Å²) in [4.78, 5) is 22.6. The van der Waals surface area contributed by atoms with Gasteiger partial charge in [-0.1, -0.05) is 24.3 Å². The molecule has 6 rings (SSSR count). The number of aromatic nitrogens is 4. The standard InChI is InChI=1S/C27H27F2N7O/c28-18-11-20-25(21(29)12-18)32-27(31-14-23-19-3-1-4-22(19)34-35-23)33-26(20)30-13-16-6-8-17(9-7-16)15-36-10-2-5-24(36)37/h6-9,11-12H,1-5,10,13-15H2,(H,34,35)(H2,30,31,32,33). The second-order valence-corrected chi connectivity index (χ2v) is 9.60. The van der Waals surface area contributed by atoms with Crippen molar-refractivity contribution in [3.05, 3.63) is 76.1 Å². The molecule has 1 amide bonds. The number of carbonyl (C=O) groups is 1. The van der Waals surface area contributed by atoms with Crippen molar-refractivity contribution >= 4 is 28.6 Å². The summed E-state index contributed by atoms with van der Waals surface area (Å²) in [5.41, 5.74) is 5.37. The van der Waals surface area contributed by atoms with E-state index in [2.05, 4.69) is 30.8 Å². The van der Waals surface area contributed by atoms with Gasteiger partial charge in [-0.05, 0) is 48.4 Å². The third kappa shape index (κ3) is 4.83. The fraction of sp³-hybridized carbons (Fsp3) is 0.333. The maximum atomic E-state index is 14.7. The Kier molecular flexibility index (Phi) is 6.15. The van der Waals surface area contributed by atoms with E-state index in [1.54, 1.807) is 0 Å². The number of anilines is 2. The van der Waals surface area contributed by atoms with Crippen molar-refractivity contribution in [1.82, 2.24) is 25.1 Å². The van der Waals surface area contributed by atoms with E-state index in [1.165, 1.54) is 11.6 Å². The Balaban J connectivity index is 1.20. The second kappa shape index (κ2) is 9.76. The van der Waals surface area contributed by atoms with Gasteiger partial charge in [0, 0.05) is 43.2 Å². The Morgan fingerprint density at radius 3 is 2.59 bits per heavy atom. The highest BCUT2D eigenvalue weighted by Gasteiger charge is 2.21. The molecule has 0 atom stereocenters. The highest BCUT2D eigenvalue weighted by atomic mass is 19.1. The number of hydrogen-bond acceptors (Lipinski definition) is 6. The number of H-pyrrole nitrogens is 1. The van der Waals surface area contributed by atoms with Crippen LogP contribution in [0, 0.1) is 11.6 Å². The van der Waals surface area contributed by atoms with Crippen molar-refractivity contribution in [1.29, 1.82) is 0 Å². The number of likely N-dealkylation sites (tertiary alicyclic amines) is 1. The summed E-state index contributed by atoms with van der Waals surface area (Å²) >= 11 is 0. The van der Waals surface area contributed by atoms with Crippen molar-refractivity contribution < 1.29 is 13.6 Å². The molecule has 0 spiro atoms. The minimum Gasteiger partial charge on any atom is -0.365 e. The SMILES string of the molecule is O=C1CCCN1Cc1ccc(CNc2nc(NCc3n[nH]c4c3CCC4)nc3c(F)cc(F)cc23)cc1. The quantitative estimate of drug-likeness (QED) is 0.328. The largest absolute Gasteiger partial charge is 0.365 e. The van der Waals surface area contributed by atoms with Gasteiger partial charge in [0.15, 0.2) is 5.82 Å². The van der Waals surface area contributed by atoms with Gasteiger partial charge in [0.05, 0.1) is 12.2 Å². The highest BCUT2D eigenvalue weighted by molar-refractivity contribution is 5.90. The molecular formula is C27H27F2N7O. The molecule has 8 nitrogen and oxygen atoms in total. The minimum absolute atomic E-state index is 0.0410. The maximum absolute atomic E-state index is 14.7. The predicted octanol–water partition coefficient (Wildman–Crippen LogP) is 4.47. The number of aromatic amines is 1. The number of aryl methyl sites for hydroxylation is 1. The lowest BCUT2D eigenvalue weighted by Crippen LogP contribution is -2.23. The number of halogens is 2. The van der Waals surface area contributed by atoms with Crippen LogP contribution in [0.1, 0.15) is 47.3 Å². The summed E-state index contributed by atoms with van der Waals surface area (Å²) in [7, 11) is 0. The molecule has 2 aromatic heterocycles. The van der Waals surface area contributed by atoms with Gasteiger partial charge in [-0.15, -0.1) is 0 Å². The number of fused-ring (bicyclic) bond motifs is 2. The van der Waals surface area contributed by atoms with Crippen LogP contribution in [0.5, 0.6) is 0 Å². The lowest BCUT2D eigenvalue weighted by atomic mass is 10.1. The van der Waals surface area contributed by atoms with Crippen molar-refractivity contribution in [3.63, 3.8) is 0 Å². The average Bonchev–Trinajstić information content (AvgIpc) is 3.61. The normalized spacial score (nSPS) is 15.0. The monoisotopic (exact) mass is 503 g/mol. The molecule has 3 N–H and O–H groups in total. The van der Waals surface area contributed by atoms with Gasteiger partial charge in [-0.3, -0.25) is 9.89 Å². The molecule has 0 saturated carbocycles. The van der Waals surface area contributed by atoms with E-state index in [1.807, 2.05) is 29.2 Å². The Hall–Kier alpha value is -4.08. The Labute approximate surface area is 212 Å². The zero-order valence-electron chi connectivity index (χ0n) is 20.3. The topological polar surface area (TPSA) is 98.8 Å². The van der Waals surface area contributed by atoms with Crippen LogP contribution in [-0.4, -0.2) is 37.5 Å². The van der Waals surface area contributed by atoms with Crippen molar-refractivity contribution in [3.8, 4) is 0 Å². The van der Waals surface area contributed by atoms with E-state index in [-0.39, 0.29) is 22.8 Å². The number of nitrogens with one attached hydrogen (secondary N) is 3. The van der Waals surface area contributed by atoms with E-state index in [0.29, 0.717) is 31.9 Å².